The van der Waals surface area contributed by atoms with Gasteiger partial charge in [0.15, 0.2) is 11.6 Å². The number of alkyl halides is 3. The topological polar surface area (TPSA) is 56.8 Å². The van der Waals surface area contributed by atoms with Gasteiger partial charge in [0.05, 0.1) is 0 Å². The number of ether oxygens (including phenoxy) is 3. The maximum atomic E-state index is 13.3. The Morgan fingerprint density at radius 1 is 1.15 bits per heavy atom. The highest BCUT2D eigenvalue weighted by molar-refractivity contribution is 5.84. The van der Waals surface area contributed by atoms with E-state index < -0.39 is 30.1 Å². The van der Waals surface area contributed by atoms with Gasteiger partial charge in [-0.15, -0.1) is 13.2 Å². The van der Waals surface area contributed by atoms with Gasteiger partial charge >= 0.3 is 12.5 Å². The second kappa shape index (κ2) is 8.61. The van der Waals surface area contributed by atoms with Crippen LogP contribution in [0.2, 0.25) is 0 Å². The van der Waals surface area contributed by atoms with E-state index in [1.807, 2.05) is 19.1 Å². The minimum Gasteiger partial charge on any atom is -0.490 e. The molecule has 0 aliphatic rings. The van der Waals surface area contributed by atoms with Crippen LogP contribution in [0.15, 0.2) is 42.5 Å². The number of hydrogen-bond acceptors (Lipinski definition) is 4. The Labute approximate surface area is 152 Å². The molecule has 5 nitrogen and oxygen atoms in total. The van der Waals surface area contributed by atoms with Crippen LogP contribution in [0.3, 0.4) is 0 Å². The quantitative estimate of drug-likeness (QED) is 0.705. The summed E-state index contributed by atoms with van der Waals surface area (Å²) in [6.45, 7) is 3.28. The molecule has 0 saturated heterocycles. The SMILES string of the molecule is Cc1ccc(NC(=O)OC(C)COc2ccc(F)c(OC(F)(F)F)c2)cc1. The Balaban J connectivity index is 1.85. The average Bonchev–Trinajstić information content (AvgIpc) is 2.56. The molecule has 9 heteroatoms. The van der Waals surface area contributed by atoms with Gasteiger partial charge in [0.25, 0.3) is 0 Å². The Kier molecular flexibility index (Phi) is 6.49. The van der Waals surface area contributed by atoms with Crippen LogP contribution in [-0.2, 0) is 4.74 Å². The normalized spacial score (nSPS) is 12.2. The first kappa shape index (κ1) is 20.3. The lowest BCUT2D eigenvalue weighted by atomic mass is 10.2. The van der Waals surface area contributed by atoms with Crippen LogP contribution in [0.25, 0.3) is 0 Å². The lowest BCUT2D eigenvalue weighted by Gasteiger charge is -2.16. The van der Waals surface area contributed by atoms with Gasteiger partial charge in [0.1, 0.15) is 18.5 Å². The molecule has 1 amide bonds. The standard InChI is InChI=1S/C18H17F4NO4/c1-11-3-5-13(6-4-11)23-17(24)26-12(2)10-25-14-7-8-15(19)16(9-14)27-18(20,21)22/h3-9,12H,10H2,1-2H3,(H,23,24). The van der Waals surface area contributed by atoms with Crippen molar-refractivity contribution < 1.29 is 36.6 Å². The lowest BCUT2D eigenvalue weighted by molar-refractivity contribution is -0.275. The molecule has 0 bridgehead atoms. The fourth-order valence-corrected chi connectivity index (χ4v) is 1.99. The first-order valence-electron chi connectivity index (χ1n) is 7.85. The van der Waals surface area contributed by atoms with Crippen molar-refractivity contribution in [2.45, 2.75) is 26.3 Å². The third kappa shape index (κ3) is 7.04. The van der Waals surface area contributed by atoms with E-state index in [-0.39, 0.29) is 12.4 Å². The lowest BCUT2D eigenvalue weighted by Crippen LogP contribution is -2.25. The van der Waals surface area contributed by atoms with Crippen LogP contribution in [0.4, 0.5) is 28.0 Å². The molecule has 2 rings (SSSR count). The van der Waals surface area contributed by atoms with E-state index in [0.717, 1.165) is 23.8 Å². The number of anilines is 1. The fraction of sp³-hybridized carbons (Fsp3) is 0.278. The summed E-state index contributed by atoms with van der Waals surface area (Å²) in [4.78, 5) is 11.8. The number of halogens is 4. The molecular formula is C18H17F4NO4. The van der Waals surface area contributed by atoms with E-state index >= 15 is 0 Å². The Morgan fingerprint density at radius 3 is 2.44 bits per heavy atom. The third-order valence-electron chi connectivity index (χ3n) is 3.22. The molecule has 0 fully saturated rings. The number of hydrogen-bond donors (Lipinski definition) is 1. The van der Waals surface area contributed by atoms with Crippen LogP contribution >= 0.6 is 0 Å². The first-order chi connectivity index (χ1) is 12.6. The number of aryl methyl sites for hydroxylation is 1. The number of rotatable bonds is 6. The van der Waals surface area contributed by atoms with E-state index in [0.29, 0.717) is 5.69 Å². The smallest absolute Gasteiger partial charge is 0.490 e. The molecule has 27 heavy (non-hydrogen) atoms. The first-order valence-corrected chi connectivity index (χ1v) is 7.85. The van der Waals surface area contributed by atoms with E-state index in [1.54, 1.807) is 12.1 Å². The van der Waals surface area contributed by atoms with E-state index in [4.69, 9.17) is 9.47 Å². The average molecular weight is 387 g/mol. The monoisotopic (exact) mass is 387 g/mol. The van der Waals surface area contributed by atoms with Crippen molar-refractivity contribution in [1.29, 1.82) is 0 Å². The second-order valence-electron chi connectivity index (χ2n) is 5.66. The van der Waals surface area contributed by atoms with Crippen molar-refractivity contribution >= 4 is 11.8 Å². The molecule has 2 aromatic carbocycles. The Morgan fingerprint density at radius 2 is 1.81 bits per heavy atom. The fourth-order valence-electron chi connectivity index (χ4n) is 1.99. The van der Waals surface area contributed by atoms with Gasteiger partial charge < -0.3 is 14.2 Å². The summed E-state index contributed by atoms with van der Waals surface area (Å²) < 4.78 is 63.9. The van der Waals surface area contributed by atoms with Gasteiger partial charge in [-0.25, -0.2) is 9.18 Å². The zero-order valence-corrected chi connectivity index (χ0v) is 14.5. The predicted molar refractivity (Wildman–Crippen MR) is 89.3 cm³/mol. The zero-order chi connectivity index (χ0) is 20.0. The highest BCUT2D eigenvalue weighted by atomic mass is 19.4. The number of nitrogens with one attached hydrogen (secondary N) is 1. The number of carbonyl (C=O) groups is 1. The molecule has 0 aromatic heterocycles. The van der Waals surface area contributed by atoms with Crippen molar-refractivity contribution in [2.24, 2.45) is 0 Å². The number of carbonyl (C=O) groups excluding carboxylic acids is 1. The summed E-state index contributed by atoms with van der Waals surface area (Å²) in [5.74, 6) is -2.25. The molecule has 0 aliphatic heterocycles. The van der Waals surface area contributed by atoms with Crippen molar-refractivity contribution in [1.82, 2.24) is 0 Å². The summed E-state index contributed by atoms with van der Waals surface area (Å²) in [6.07, 6.45) is -6.45. The zero-order valence-electron chi connectivity index (χ0n) is 14.5. The maximum Gasteiger partial charge on any atom is 0.573 e. The van der Waals surface area contributed by atoms with Gasteiger partial charge in [-0.05, 0) is 38.1 Å². The van der Waals surface area contributed by atoms with Crippen molar-refractivity contribution in [3.05, 3.63) is 53.8 Å². The predicted octanol–water partition coefficient (Wildman–Crippen LogP) is 5.05. The molecular weight excluding hydrogens is 370 g/mol. The van der Waals surface area contributed by atoms with Gasteiger partial charge in [0, 0.05) is 11.8 Å². The highest BCUT2D eigenvalue weighted by Crippen LogP contribution is 2.29. The van der Waals surface area contributed by atoms with E-state index in [2.05, 4.69) is 10.1 Å². The van der Waals surface area contributed by atoms with Crippen LogP contribution in [-0.4, -0.2) is 25.2 Å². The van der Waals surface area contributed by atoms with Crippen LogP contribution in [0.1, 0.15) is 12.5 Å². The summed E-state index contributed by atoms with van der Waals surface area (Å²) in [5.41, 5.74) is 1.58. The molecule has 2 aromatic rings. The minimum absolute atomic E-state index is 0.0648. The van der Waals surface area contributed by atoms with Crippen LogP contribution in [0.5, 0.6) is 11.5 Å². The van der Waals surface area contributed by atoms with Gasteiger partial charge in [-0.1, -0.05) is 17.7 Å². The van der Waals surface area contributed by atoms with Crippen molar-refractivity contribution in [2.75, 3.05) is 11.9 Å². The molecule has 0 aliphatic carbocycles. The number of amides is 1. The van der Waals surface area contributed by atoms with E-state index in [9.17, 15) is 22.4 Å². The summed E-state index contributed by atoms with van der Waals surface area (Å²) in [6, 6.07) is 9.73. The van der Waals surface area contributed by atoms with Crippen molar-refractivity contribution in [3.8, 4) is 11.5 Å². The van der Waals surface area contributed by atoms with Crippen LogP contribution in [0, 0.1) is 12.7 Å². The minimum atomic E-state index is -5.02. The summed E-state index contributed by atoms with van der Waals surface area (Å²) in [7, 11) is 0. The largest absolute Gasteiger partial charge is 0.573 e. The van der Waals surface area contributed by atoms with E-state index in [1.165, 1.54) is 6.92 Å². The molecule has 1 N–H and O–H groups in total. The Bertz CT molecular complexity index is 778. The second-order valence-corrected chi connectivity index (χ2v) is 5.66. The number of benzene rings is 2. The molecule has 0 saturated carbocycles. The van der Waals surface area contributed by atoms with Gasteiger partial charge in [0.2, 0.25) is 0 Å². The molecule has 1 unspecified atom stereocenters. The van der Waals surface area contributed by atoms with Gasteiger partial charge in [-0.3, -0.25) is 5.32 Å². The molecule has 0 heterocycles. The molecule has 146 valence electrons. The Hall–Kier alpha value is -2.97. The van der Waals surface area contributed by atoms with Gasteiger partial charge in [-0.2, -0.15) is 0 Å². The molecule has 1 atom stereocenters. The van der Waals surface area contributed by atoms with Crippen LogP contribution < -0.4 is 14.8 Å². The maximum absolute atomic E-state index is 13.3. The highest BCUT2D eigenvalue weighted by Gasteiger charge is 2.32. The molecule has 0 radical (unpaired) electrons. The summed E-state index contributed by atoms with van der Waals surface area (Å²) in [5, 5.41) is 2.53. The summed E-state index contributed by atoms with van der Waals surface area (Å²) >= 11 is 0. The third-order valence-corrected chi connectivity index (χ3v) is 3.22. The van der Waals surface area contributed by atoms with Crippen molar-refractivity contribution in [3.63, 3.8) is 0 Å². The molecule has 0 spiro atoms.